The van der Waals surface area contributed by atoms with Crippen LogP contribution in [-0.4, -0.2) is 25.6 Å². The van der Waals surface area contributed by atoms with Gasteiger partial charge in [0.1, 0.15) is 5.75 Å². The number of carbonyl (C=O) groups excluding carboxylic acids is 2. The molecule has 0 aliphatic rings. The van der Waals surface area contributed by atoms with Gasteiger partial charge in [-0.2, -0.15) is 0 Å². The molecule has 2 rings (SSSR count). The minimum Gasteiger partial charge on any atom is -0.497 e. The van der Waals surface area contributed by atoms with Crippen LogP contribution in [0.4, 0.5) is 18.9 Å². The van der Waals surface area contributed by atoms with Gasteiger partial charge in [-0.05, 0) is 30.3 Å². The van der Waals surface area contributed by atoms with Crippen molar-refractivity contribution in [2.24, 2.45) is 0 Å². The Morgan fingerprint density at radius 2 is 1.83 bits per heavy atom. The molecule has 0 aliphatic heterocycles. The van der Waals surface area contributed by atoms with Crippen LogP contribution >= 0.6 is 0 Å². The number of benzene rings is 2. The van der Waals surface area contributed by atoms with E-state index >= 15 is 0 Å². The second-order valence-electron chi connectivity index (χ2n) is 4.58. The maximum absolute atomic E-state index is 13.4. The van der Waals surface area contributed by atoms with Crippen LogP contribution in [0.5, 0.6) is 5.75 Å². The van der Waals surface area contributed by atoms with Gasteiger partial charge in [0, 0.05) is 0 Å². The first-order chi connectivity index (χ1) is 11.4. The molecule has 2 aromatic rings. The van der Waals surface area contributed by atoms with Crippen LogP contribution in [0.2, 0.25) is 0 Å². The molecular formula is C16H12F3NO4. The van der Waals surface area contributed by atoms with Gasteiger partial charge >= 0.3 is 5.97 Å². The Hall–Kier alpha value is -3.03. The molecule has 0 heterocycles. The molecule has 0 bridgehead atoms. The monoisotopic (exact) mass is 339 g/mol. The molecule has 0 saturated carbocycles. The van der Waals surface area contributed by atoms with Crippen LogP contribution in [0.3, 0.4) is 0 Å². The molecule has 0 spiro atoms. The SMILES string of the molecule is COc1cccc(C(=O)OCC(=O)Nc2ccc(F)c(F)c2F)c1. The van der Waals surface area contributed by atoms with Crippen LogP contribution in [0.15, 0.2) is 36.4 Å². The number of esters is 1. The van der Waals surface area contributed by atoms with E-state index in [1.54, 1.807) is 12.1 Å². The fourth-order valence-electron chi connectivity index (χ4n) is 1.77. The molecule has 0 atom stereocenters. The minimum absolute atomic E-state index is 0.154. The van der Waals surface area contributed by atoms with Crippen molar-refractivity contribution in [3.05, 3.63) is 59.4 Å². The molecule has 0 aliphatic carbocycles. The summed E-state index contributed by atoms with van der Waals surface area (Å²) in [5.74, 6) is -5.90. The average molecular weight is 339 g/mol. The third-order valence-corrected chi connectivity index (χ3v) is 2.95. The van der Waals surface area contributed by atoms with Gasteiger partial charge in [0.2, 0.25) is 0 Å². The maximum atomic E-state index is 13.4. The fourth-order valence-corrected chi connectivity index (χ4v) is 1.77. The lowest BCUT2D eigenvalue weighted by Gasteiger charge is -2.08. The summed E-state index contributed by atoms with van der Waals surface area (Å²) in [5, 5.41) is 1.99. The summed E-state index contributed by atoms with van der Waals surface area (Å²) < 4.78 is 49.0. The normalized spacial score (nSPS) is 10.2. The number of hydrogen-bond acceptors (Lipinski definition) is 4. The van der Waals surface area contributed by atoms with E-state index in [1.807, 2.05) is 5.32 Å². The number of amides is 1. The minimum atomic E-state index is -1.71. The molecule has 5 nitrogen and oxygen atoms in total. The number of nitrogens with one attached hydrogen (secondary N) is 1. The van der Waals surface area contributed by atoms with Gasteiger partial charge < -0.3 is 14.8 Å². The predicted molar refractivity (Wildman–Crippen MR) is 78.2 cm³/mol. The van der Waals surface area contributed by atoms with Crippen molar-refractivity contribution in [1.29, 1.82) is 0 Å². The first kappa shape index (κ1) is 17.3. The maximum Gasteiger partial charge on any atom is 0.338 e. The molecule has 1 amide bonds. The molecule has 0 unspecified atom stereocenters. The number of methoxy groups -OCH3 is 1. The third kappa shape index (κ3) is 4.03. The van der Waals surface area contributed by atoms with E-state index in [1.165, 1.54) is 19.2 Å². The van der Waals surface area contributed by atoms with Crippen LogP contribution in [0.1, 0.15) is 10.4 Å². The zero-order valence-electron chi connectivity index (χ0n) is 12.4. The molecule has 8 heteroatoms. The first-order valence-electron chi connectivity index (χ1n) is 6.67. The lowest BCUT2D eigenvalue weighted by molar-refractivity contribution is -0.119. The van der Waals surface area contributed by atoms with Gasteiger partial charge in [-0.3, -0.25) is 4.79 Å². The van der Waals surface area contributed by atoms with Crippen molar-refractivity contribution in [1.82, 2.24) is 0 Å². The number of carbonyl (C=O) groups is 2. The van der Waals surface area contributed by atoms with Gasteiger partial charge in [0.15, 0.2) is 24.1 Å². The van der Waals surface area contributed by atoms with Crippen molar-refractivity contribution in [2.45, 2.75) is 0 Å². The first-order valence-corrected chi connectivity index (χ1v) is 6.67. The summed E-state index contributed by atoms with van der Waals surface area (Å²) in [6.45, 7) is -0.728. The van der Waals surface area contributed by atoms with Crippen LogP contribution in [-0.2, 0) is 9.53 Å². The molecule has 0 aromatic heterocycles. The van der Waals surface area contributed by atoms with E-state index in [4.69, 9.17) is 9.47 Å². The Bertz CT molecular complexity index is 780. The number of rotatable bonds is 5. The van der Waals surface area contributed by atoms with Crippen molar-refractivity contribution < 1.29 is 32.2 Å². The molecule has 0 radical (unpaired) electrons. The fraction of sp³-hybridized carbons (Fsp3) is 0.125. The average Bonchev–Trinajstić information content (AvgIpc) is 2.60. The zero-order chi connectivity index (χ0) is 17.7. The molecule has 0 fully saturated rings. The Morgan fingerprint density at radius 3 is 2.54 bits per heavy atom. The van der Waals surface area contributed by atoms with E-state index < -0.39 is 41.6 Å². The summed E-state index contributed by atoms with van der Waals surface area (Å²) in [6.07, 6.45) is 0. The van der Waals surface area contributed by atoms with Crippen LogP contribution in [0, 0.1) is 17.5 Å². The molecule has 126 valence electrons. The molecular weight excluding hydrogens is 327 g/mol. The number of ether oxygens (including phenoxy) is 2. The van der Waals surface area contributed by atoms with Crippen molar-refractivity contribution in [2.75, 3.05) is 19.0 Å². The van der Waals surface area contributed by atoms with Crippen molar-refractivity contribution in [3.8, 4) is 5.75 Å². The Balaban J connectivity index is 1.96. The van der Waals surface area contributed by atoms with Gasteiger partial charge in [-0.1, -0.05) is 6.07 Å². The van der Waals surface area contributed by atoms with Gasteiger partial charge in [0.25, 0.3) is 5.91 Å². The summed E-state index contributed by atoms with van der Waals surface area (Å²) in [4.78, 5) is 23.4. The summed E-state index contributed by atoms with van der Waals surface area (Å²) in [5.41, 5.74) is -0.405. The largest absolute Gasteiger partial charge is 0.497 e. The number of anilines is 1. The number of halogens is 3. The van der Waals surface area contributed by atoms with Gasteiger partial charge in [0.05, 0.1) is 18.4 Å². The Kier molecular flexibility index (Phi) is 5.41. The van der Waals surface area contributed by atoms with E-state index in [2.05, 4.69) is 0 Å². The smallest absolute Gasteiger partial charge is 0.338 e. The zero-order valence-corrected chi connectivity index (χ0v) is 12.4. The highest BCUT2D eigenvalue weighted by molar-refractivity contribution is 5.95. The van der Waals surface area contributed by atoms with Gasteiger partial charge in [-0.15, -0.1) is 0 Å². The van der Waals surface area contributed by atoms with Gasteiger partial charge in [-0.25, -0.2) is 18.0 Å². The van der Waals surface area contributed by atoms with Crippen molar-refractivity contribution in [3.63, 3.8) is 0 Å². The summed E-state index contributed by atoms with van der Waals surface area (Å²) in [6, 6.07) is 7.57. The van der Waals surface area contributed by atoms with E-state index in [0.29, 0.717) is 11.8 Å². The summed E-state index contributed by atoms with van der Waals surface area (Å²) in [7, 11) is 1.42. The van der Waals surface area contributed by atoms with Crippen LogP contribution in [0.25, 0.3) is 0 Å². The van der Waals surface area contributed by atoms with E-state index in [-0.39, 0.29) is 5.56 Å². The van der Waals surface area contributed by atoms with E-state index in [9.17, 15) is 22.8 Å². The van der Waals surface area contributed by atoms with E-state index in [0.717, 1.165) is 6.07 Å². The molecule has 1 N–H and O–H groups in total. The highest BCUT2D eigenvalue weighted by Crippen LogP contribution is 2.19. The lowest BCUT2D eigenvalue weighted by Crippen LogP contribution is -2.21. The predicted octanol–water partition coefficient (Wildman–Crippen LogP) is 2.91. The van der Waals surface area contributed by atoms with Crippen LogP contribution < -0.4 is 10.1 Å². The highest BCUT2D eigenvalue weighted by atomic mass is 19.2. The Morgan fingerprint density at radius 1 is 1.08 bits per heavy atom. The Labute approximate surface area is 135 Å². The molecule has 0 saturated heterocycles. The topological polar surface area (TPSA) is 64.6 Å². The quantitative estimate of drug-likeness (QED) is 0.672. The molecule has 24 heavy (non-hydrogen) atoms. The summed E-state index contributed by atoms with van der Waals surface area (Å²) >= 11 is 0. The number of hydrogen-bond donors (Lipinski definition) is 1. The standard InChI is InChI=1S/C16H12F3NO4/c1-23-10-4-2-3-9(7-10)16(22)24-8-13(21)20-12-6-5-11(17)14(18)15(12)19/h2-7H,8H2,1H3,(H,20,21). The third-order valence-electron chi connectivity index (χ3n) is 2.95. The lowest BCUT2D eigenvalue weighted by atomic mass is 10.2. The highest BCUT2D eigenvalue weighted by Gasteiger charge is 2.16. The molecule has 2 aromatic carbocycles. The van der Waals surface area contributed by atoms with Crippen molar-refractivity contribution >= 4 is 17.6 Å². The second-order valence-corrected chi connectivity index (χ2v) is 4.58. The second kappa shape index (κ2) is 7.49.